The van der Waals surface area contributed by atoms with Crippen molar-refractivity contribution in [1.82, 2.24) is 5.32 Å². The van der Waals surface area contributed by atoms with Crippen molar-refractivity contribution in [1.29, 1.82) is 0 Å². The third kappa shape index (κ3) is 6.72. The van der Waals surface area contributed by atoms with Gasteiger partial charge in [-0.15, -0.1) is 0 Å². The Morgan fingerprint density at radius 2 is 1.88 bits per heavy atom. The fraction of sp³-hybridized carbons (Fsp3) is 0.471. The van der Waals surface area contributed by atoms with Gasteiger partial charge in [-0.25, -0.2) is 4.79 Å². The van der Waals surface area contributed by atoms with Crippen LogP contribution in [0.2, 0.25) is 5.02 Å². The third-order valence-electron chi connectivity index (χ3n) is 3.33. The Balaban J connectivity index is 2.83. The van der Waals surface area contributed by atoms with Gasteiger partial charge in [-0.2, -0.15) is 0 Å². The Morgan fingerprint density at radius 3 is 2.44 bits per heavy atom. The molecular weight excluding hydrogens is 348 g/mol. The number of halogens is 1. The first-order valence-electron chi connectivity index (χ1n) is 8.04. The molecule has 8 heteroatoms. The number of amides is 1. The zero-order valence-corrected chi connectivity index (χ0v) is 15.1. The summed E-state index contributed by atoms with van der Waals surface area (Å²) in [5.41, 5.74) is 6.52. The van der Waals surface area contributed by atoms with Gasteiger partial charge < -0.3 is 20.5 Å². The molecule has 1 aromatic carbocycles. The molecule has 138 valence electrons. The minimum Gasteiger partial charge on any atom is -0.466 e. The van der Waals surface area contributed by atoms with Crippen LogP contribution in [0.4, 0.5) is 0 Å². The maximum Gasteiger partial charge on any atom is 0.328 e. The molecule has 0 saturated heterocycles. The highest BCUT2D eigenvalue weighted by Crippen LogP contribution is 2.18. The fourth-order valence-corrected chi connectivity index (χ4v) is 2.38. The highest BCUT2D eigenvalue weighted by Gasteiger charge is 2.24. The van der Waals surface area contributed by atoms with Crippen LogP contribution in [0.15, 0.2) is 18.2 Å². The van der Waals surface area contributed by atoms with E-state index in [1.807, 2.05) is 0 Å². The maximum absolute atomic E-state index is 12.4. The zero-order chi connectivity index (χ0) is 18.8. The third-order valence-corrected chi connectivity index (χ3v) is 3.65. The van der Waals surface area contributed by atoms with Crippen LogP contribution in [-0.4, -0.2) is 37.1 Å². The van der Waals surface area contributed by atoms with E-state index < -0.39 is 23.9 Å². The molecule has 0 radical (unpaired) electrons. The standard InChI is InChI=1S/C17H23ClN2O5/c1-3-24-15(21)8-7-14(17(23)25-4-2)20-16(22)12-6-5-11(10-19)9-13(12)18/h5-6,9,14H,3-4,7-8,10,19H2,1-2H3,(H,20,22). The molecule has 7 nitrogen and oxygen atoms in total. The first-order chi connectivity index (χ1) is 11.9. The molecule has 25 heavy (non-hydrogen) atoms. The maximum atomic E-state index is 12.4. The number of nitrogens with one attached hydrogen (secondary N) is 1. The average Bonchev–Trinajstić information content (AvgIpc) is 2.58. The fourth-order valence-electron chi connectivity index (χ4n) is 2.09. The van der Waals surface area contributed by atoms with Crippen LogP contribution in [-0.2, 0) is 25.6 Å². The topological polar surface area (TPSA) is 108 Å². The zero-order valence-electron chi connectivity index (χ0n) is 14.3. The molecule has 3 N–H and O–H groups in total. The Labute approximate surface area is 151 Å². The van der Waals surface area contributed by atoms with Crippen LogP contribution in [0.1, 0.15) is 42.6 Å². The van der Waals surface area contributed by atoms with E-state index in [2.05, 4.69) is 5.32 Å². The monoisotopic (exact) mass is 370 g/mol. The normalized spacial score (nSPS) is 11.5. The predicted molar refractivity (Wildman–Crippen MR) is 93.1 cm³/mol. The molecule has 1 unspecified atom stereocenters. The number of hydrogen-bond acceptors (Lipinski definition) is 6. The second-order valence-corrected chi connectivity index (χ2v) is 5.55. The number of ether oxygens (including phenoxy) is 2. The number of rotatable bonds is 9. The van der Waals surface area contributed by atoms with Gasteiger partial charge in [0.15, 0.2) is 0 Å². The van der Waals surface area contributed by atoms with Crippen molar-refractivity contribution in [3.63, 3.8) is 0 Å². The number of hydrogen-bond donors (Lipinski definition) is 2. The molecule has 1 rings (SSSR count). The summed E-state index contributed by atoms with van der Waals surface area (Å²) < 4.78 is 9.77. The Bertz CT molecular complexity index is 621. The smallest absolute Gasteiger partial charge is 0.328 e. The molecule has 0 aromatic heterocycles. The van der Waals surface area contributed by atoms with E-state index in [4.69, 9.17) is 26.8 Å². The first kappa shape index (κ1) is 20.9. The van der Waals surface area contributed by atoms with E-state index in [-0.39, 0.29) is 36.6 Å². The van der Waals surface area contributed by atoms with Crippen LogP contribution in [0.3, 0.4) is 0 Å². The van der Waals surface area contributed by atoms with Crippen LogP contribution in [0.5, 0.6) is 0 Å². The molecule has 0 fully saturated rings. The molecule has 0 aliphatic rings. The Kier molecular flexibility index (Phi) is 8.94. The minimum atomic E-state index is -0.970. The Morgan fingerprint density at radius 1 is 1.20 bits per heavy atom. The van der Waals surface area contributed by atoms with Crippen molar-refractivity contribution in [3.8, 4) is 0 Å². The lowest BCUT2D eigenvalue weighted by Crippen LogP contribution is -2.42. The van der Waals surface area contributed by atoms with Crippen molar-refractivity contribution in [3.05, 3.63) is 34.3 Å². The minimum absolute atomic E-state index is 0.0164. The van der Waals surface area contributed by atoms with E-state index in [9.17, 15) is 14.4 Å². The largest absolute Gasteiger partial charge is 0.466 e. The molecular formula is C17H23ClN2O5. The molecule has 1 amide bonds. The number of carbonyl (C=O) groups excluding carboxylic acids is 3. The summed E-state index contributed by atoms with van der Waals surface area (Å²) >= 11 is 6.09. The van der Waals surface area contributed by atoms with Crippen LogP contribution in [0, 0.1) is 0 Å². The van der Waals surface area contributed by atoms with Gasteiger partial charge in [0, 0.05) is 13.0 Å². The molecule has 0 spiro atoms. The molecule has 1 aromatic rings. The van der Waals surface area contributed by atoms with Crippen molar-refractivity contribution >= 4 is 29.4 Å². The highest BCUT2D eigenvalue weighted by molar-refractivity contribution is 6.34. The van der Waals surface area contributed by atoms with Crippen LogP contribution in [0.25, 0.3) is 0 Å². The summed E-state index contributed by atoms with van der Waals surface area (Å²) in [6, 6.07) is 3.84. The predicted octanol–water partition coefficient (Wildman–Crippen LogP) is 1.80. The number of esters is 2. The summed E-state index contributed by atoms with van der Waals surface area (Å²) in [5.74, 6) is -1.60. The summed E-state index contributed by atoms with van der Waals surface area (Å²) in [6.07, 6.45) is 0.0549. The summed E-state index contributed by atoms with van der Waals surface area (Å²) in [7, 11) is 0. The van der Waals surface area contributed by atoms with E-state index in [0.29, 0.717) is 6.54 Å². The van der Waals surface area contributed by atoms with Crippen LogP contribution < -0.4 is 11.1 Å². The first-order valence-corrected chi connectivity index (χ1v) is 8.42. The van der Waals surface area contributed by atoms with Gasteiger partial charge in [0.1, 0.15) is 6.04 Å². The lowest BCUT2D eigenvalue weighted by molar-refractivity contribution is -0.146. The second kappa shape index (κ2) is 10.7. The molecule has 1 atom stereocenters. The lowest BCUT2D eigenvalue weighted by Gasteiger charge is -2.17. The number of carbonyl (C=O) groups is 3. The van der Waals surface area contributed by atoms with E-state index in [0.717, 1.165) is 5.56 Å². The molecule has 0 bridgehead atoms. The quantitative estimate of drug-likeness (QED) is 0.642. The van der Waals surface area contributed by atoms with Gasteiger partial charge in [-0.1, -0.05) is 17.7 Å². The Hall–Kier alpha value is -2.12. The summed E-state index contributed by atoms with van der Waals surface area (Å²) in [5, 5.41) is 2.79. The summed E-state index contributed by atoms with van der Waals surface area (Å²) in [6.45, 7) is 4.06. The SMILES string of the molecule is CCOC(=O)CCC(NC(=O)c1ccc(CN)cc1Cl)C(=O)OCC. The van der Waals surface area contributed by atoms with Crippen LogP contribution >= 0.6 is 11.6 Å². The second-order valence-electron chi connectivity index (χ2n) is 5.14. The molecule has 0 aliphatic carbocycles. The van der Waals surface area contributed by atoms with E-state index in [1.54, 1.807) is 26.0 Å². The van der Waals surface area contributed by atoms with E-state index >= 15 is 0 Å². The molecule has 0 saturated carbocycles. The van der Waals surface area contributed by atoms with Gasteiger partial charge in [0.2, 0.25) is 0 Å². The highest BCUT2D eigenvalue weighted by atomic mass is 35.5. The number of nitrogens with two attached hydrogens (primary N) is 1. The van der Waals surface area contributed by atoms with Gasteiger partial charge in [-0.3, -0.25) is 9.59 Å². The van der Waals surface area contributed by atoms with Gasteiger partial charge in [0.05, 0.1) is 23.8 Å². The van der Waals surface area contributed by atoms with Crippen molar-refractivity contribution in [2.75, 3.05) is 13.2 Å². The summed E-state index contributed by atoms with van der Waals surface area (Å²) in [4.78, 5) is 35.9. The van der Waals surface area contributed by atoms with Gasteiger partial charge >= 0.3 is 11.9 Å². The van der Waals surface area contributed by atoms with Gasteiger partial charge in [-0.05, 0) is 38.0 Å². The average molecular weight is 371 g/mol. The van der Waals surface area contributed by atoms with E-state index in [1.165, 1.54) is 6.07 Å². The lowest BCUT2D eigenvalue weighted by atomic mass is 10.1. The van der Waals surface area contributed by atoms with Crippen molar-refractivity contribution < 1.29 is 23.9 Å². The van der Waals surface area contributed by atoms with Gasteiger partial charge in [0.25, 0.3) is 5.91 Å². The molecule has 0 aliphatic heterocycles. The van der Waals surface area contributed by atoms with Crippen molar-refractivity contribution in [2.45, 2.75) is 39.3 Å². The number of benzene rings is 1. The van der Waals surface area contributed by atoms with Crippen molar-refractivity contribution in [2.24, 2.45) is 5.73 Å². The molecule has 0 heterocycles.